The summed E-state index contributed by atoms with van der Waals surface area (Å²) < 4.78 is 23.5. The number of carbonyl (C=O) groups excluding carboxylic acids is 1. The van der Waals surface area contributed by atoms with Crippen molar-refractivity contribution in [2.75, 3.05) is 23.9 Å². The molecule has 1 aromatic heterocycles. The number of nitrogen functional groups attached to an aromatic ring is 1. The van der Waals surface area contributed by atoms with E-state index in [0.29, 0.717) is 5.00 Å². The maximum Gasteiger partial charge on any atom is 0.261 e. The molecule has 0 radical (unpaired) electrons. The van der Waals surface area contributed by atoms with Crippen LogP contribution in [0.4, 0.5) is 10.7 Å². The van der Waals surface area contributed by atoms with Gasteiger partial charge in [-0.3, -0.25) is 4.79 Å². The van der Waals surface area contributed by atoms with E-state index in [1.54, 1.807) is 7.05 Å². The Labute approximate surface area is 97.5 Å². The van der Waals surface area contributed by atoms with Crippen LogP contribution in [0.3, 0.4) is 0 Å². The van der Waals surface area contributed by atoms with Crippen LogP contribution < -0.4 is 16.8 Å². The predicted octanol–water partition coefficient (Wildman–Crippen LogP) is 0.265. The maximum absolute atomic E-state index is 11.8. The van der Waals surface area contributed by atoms with E-state index >= 15 is 0 Å². The summed E-state index contributed by atoms with van der Waals surface area (Å²) in [5.74, 6) is -0.808. The van der Waals surface area contributed by atoms with Gasteiger partial charge in [-0.05, 0) is 0 Å². The third kappa shape index (κ3) is 1.98. The number of nitrogens with two attached hydrogens (primary N) is 2. The number of hydrogen-bond donors (Lipinski definition) is 3. The first-order chi connectivity index (χ1) is 7.35. The molecule has 1 aromatic rings. The minimum atomic E-state index is -3.47. The van der Waals surface area contributed by atoms with Crippen molar-refractivity contribution in [3.63, 3.8) is 0 Å². The van der Waals surface area contributed by atoms with E-state index in [-0.39, 0.29) is 21.2 Å². The van der Waals surface area contributed by atoms with Crippen LogP contribution in [0.1, 0.15) is 16.6 Å². The summed E-state index contributed by atoms with van der Waals surface area (Å²) in [6.45, 7) is 1.51. The quantitative estimate of drug-likeness (QED) is 0.721. The highest BCUT2D eigenvalue weighted by atomic mass is 32.2. The molecular formula is C8H13N3O3S2. The second-order valence-corrected chi connectivity index (χ2v) is 6.26. The van der Waals surface area contributed by atoms with Crippen LogP contribution in [0.5, 0.6) is 0 Å². The van der Waals surface area contributed by atoms with Gasteiger partial charge in [-0.1, -0.05) is 6.92 Å². The van der Waals surface area contributed by atoms with Gasteiger partial charge in [0.1, 0.15) is 14.8 Å². The lowest BCUT2D eigenvalue weighted by Crippen LogP contribution is -2.13. The van der Waals surface area contributed by atoms with Gasteiger partial charge in [0.2, 0.25) is 0 Å². The fourth-order valence-electron chi connectivity index (χ4n) is 1.23. The van der Waals surface area contributed by atoms with E-state index in [9.17, 15) is 13.2 Å². The van der Waals surface area contributed by atoms with E-state index < -0.39 is 15.7 Å². The van der Waals surface area contributed by atoms with Gasteiger partial charge in [0.25, 0.3) is 5.91 Å². The average Bonchev–Trinajstić information content (AvgIpc) is 2.56. The van der Waals surface area contributed by atoms with Crippen LogP contribution in [-0.4, -0.2) is 27.1 Å². The molecule has 90 valence electrons. The van der Waals surface area contributed by atoms with Gasteiger partial charge in [0.05, 0.1) is 11.4 Å². The highest BCUT2D eigenvalue weighted by molar-refractivity contribution is 7.91. The number of carbonyl (C=O) groups is 1. The molecule has 1 rings (SSSR count). The molecule has 0 saturated heterocycles. The first-order valence-electron chi connectivity index (χ1n) is 4.47. The lowest BCUT2D eigenvalue weighted by Gasteiger charge is -2.03. The molecular weight excluding hydrogens is 250 g/mol. The Kier molecular flexibility index (Phi) is 3.44. The molecule has 8 heteroatoms. The lowest BCUT2D eigenvalue weighted by molar-refractivity contribution is 0.100. The first-order valence-corrected chi connectivity index (χ1v) is 6.94. The summed E-state index contributed by atoms with van der Waals surface area (Å²) in [6.07, 6.45) is 0. The van der Waals surface area contributed by atoms with Crippen molar-refractivity contribution in [2.24, 2.45) is 5.73 Å². The van der Waals surface area contributed by atoms with Crippen molar-refractivity contribution < 1.29 is 13.2 Å². The van der Waals surface area contributed by atoms with Crippen LogP contribution in [0.15, 0.2) is 4.90 Å². The second-order valence-electron chi connectivity index (χ2n) is 3.02. The average molecular weight is 263 g/mol. The fraction of sp³-hybridized carbons (Fsp3) is 0.375. The van der Waals surface area contributed by atoms with Crippen molar-refractivity contribution >= 4 is 37.8 Å². The number of sulfone groups is 1. The van der Waals surface area contributed by atoms with Crippen molar-refractivity contribution in [1.29, 1.82) is 0 Å². The Hall–Kier alpha value is -1.28. The summed E-state index contributed by atoms with van der Waals surface area (Å²) in [6, 6.07) is 0. The van der Waals surface area contributed by atoms with Crippen molar-refractivity contribution in [1.82, 2.24) is 0 Å². The van der Waals surface area contributed by atoms with Gasteiger partial charge < -0.3 is 16.8 Å². The lowest BCUT2D eigenvalue weighted by atomic mass is 10.4. The maximum atomic E-state index is 11.8. The number of anilines is 2. The topological polar surface area (TPSA) is 115 Å². The van der Waals surface area contributed by atoms with Gasteiger partial charge in [0, 0.05) is 7.05 Å². The van der Waals surface area contributed by atoms with E-state index in [1.165, 1.54) is 6.92 Å². The van der Waals surface area contributed by atoms with E-state index in [2.05, 4.69) is 5.32 Å². The van der Waals surface area contributed by atoms with Crippen LogP contribution in [0.25, 0.3) is 0 Å². The molecule has 16 heavy (non-hydrogen) atoms. The van der Waals surface area contributed by atoms with Crippen molar-refractivity contribution in [3.8, 4) is 0 Å². The SMILES string of the molecule is CCS(=O)(=O)c1c(NC)sc(C(N)=O)c1N. The normalized spacial score (nSPS) is 11.4. The zero-order valence-electron chi connectivity index (χ0n) is 8.90. The minimum Gasteiger partial charge on any atom is -0.396 e. The van der Waals surface area contributed by atoms with Crippen LogP contribution in [0.2, 0.25) is 0 Å². The van der Waals surface area contributed by atoms with Gasteiger partial charge in [-0.15, -0.1) is 11.3 Å². The molecule has 0 saturated carbocycles. The molecule has 5 N–H and O–H groups in total. The van der Waals surface area contributed by atoms with Crippen molar-refractivity contribution in [3.05, 3.63) is 4.88 Å². The molecule has 0 spiro atoms. The van der Waals surface area contributed by atoms with Crippen LogP contribution in [0, 0.1) is 0 Å². The zero-order valence-corrected chi connectivity index (χ0v) is 10.5. The summed E-state index contributed by atoms with van der Waals surface area (Å²) in [5, 5.41) is 3.04. The highest BCUT2D eigenvalue weighted by Gasteiger charge is 2.27. The van der Waals surface area contributed by atoms with Gasteiger partial charge >= 0.3 is 0 Å². The van der Waals surface area contributed by atoms with E-state index in [4.69, 9.17) is 11.5 Å². The standard InChI is InChI=1S/C8H13N3O3S2/c1-3-16(13,14)6-4(9)5(7(10)12)15-8(6)11-2/h11H,3,9H2,1-2H3,(H2,10,12). The zero-order chi connectivity index (χ0) is 12.5. The molecule has 0 bridgehead atoms. The Morgan fingerprint density at radius 3 is 2.44 bits per heavy atom. The molecule has 0 unspecified atom stereocenters. The summed E-state index contributed by atoms with van der Waals surface area (Å²) in [7, 11) is -1.91. The molecule has 0 aliphatic rings. The van der Waals surface area contributed by atoms with Crippen LogP contribution in [-0.2, 0) is 9.84 Å². The number of rotatable bonds is 4. The Bertz CT molecular complexity index is 519. The number of amides is 1. The Balaban J connectivity index is 3.56. The molecule has 6 nitrogen and oxygen atoms in total. The minimum absolute atomic E-state index is 0.0312. The molecule has 0 aliphatic carbocycles. The molecule has 1 amide bonds. The Morgan fingerprint density at radius 2 is 2.06 bits per heavy atom. The van der Waals surface area contributed by atoms with E-state index in [0.717, 1.165) is 11.3 Å². The smallest absolute Gasteiger partial charge is 0.261 e. The summed E-state index contributed by atoms with van der Waals surface area (Å²) in [4.78, 5) is 11.1. The summed E-state index contributed by atoms with van der Waals surface area (Å²) in [5.41, 5.74) is 10.7. The molecule has 0 fully saturated rings. The molecule has 0 atom stereocenters. The number of primary amides is 1. The molecule has 0 aliphatic heterocycles. The second kappa shape index (κ2) is 4.30. The van der Waals surface area contributed by atoms with Gasteiger partial charge in [-0.25, -0.2) is 8.42 Å². The summed E-state index contributed by atoms with van der Waals surface area (Å²) >= 11 is 0.947. The molecule has 0 aromatic carbocycles. The fourth-order valence-corrected chi connectivity index (χ4v) is 3.73. The third-order valence-corrected chi connectivity index (χ3v) is 5.21. The predicted molar refractivity (Wildman–Crippen MR) is 64.5 cm³/mol. The first kappa shape index (κ1) is 12.8. The number of thiophene rings is 1. The third-order valence-electron chi connectivity index (χ3n) is 2.04. The van der Waals surface area contributed by atoms with E-state index in [1.807, 2.05) is 0 Å². The van der Waals surface area contributed by atoms with Gasteiger partial charge in [-0.2, -0.15) is 0 Å². The Morgan fingerprint density at radius 1 is 1.50 bits per heavy atom. The molecule has 1 heterocycles. The monoisotopic (exact) mass is 263 g/mol. The number of hydrogen-bond acceptors (Lipinski definition) is 6. The largest absolute Gasteiger partial charge is 0.396 e. The van der Waals surface area contributed by atoms with Gasteiger partial charge in [0.15, 0.2) is 9.84 Å². The highest BCUT2D eigenvalue weighted by Crippen LogP contribution is 2.39. The van der Waals surface area contributed by atoms with Crippen LogP contribution >= 0.6 is 11.3 Å². The van der Waals surface area contributed by atoms with Crippen molar-refractivity contribution in [2.45, 2.75) is 11.8 Å². The number of nitrogens with one attached hydrogen (secondary N) is 1.